The minimum Gasteiger partial charge on any atom is -0.373 e. The van der Waals surface area contributed by atoms with Crippen LogP contribution in [0.25, 0.3) is 6.08 Å². The van der Waals surface area contributed by atoms with Gasteiger partial charge in [0.25, 0.3) is 0 Å². The molecule has 1 unspecified atom stereocenters. The van der Waals surface area contributed by atoms with Crippen molar-refractivity contribution in [1.82, 2.24) is 5.32 Å². The molecule has 1 aliphatic rings. The van der Waals surface area contributed by atoms with Crippen LogP contribution in [0.15, 0.2) is 59.7 Å². The van der Waals surface area contributed by atoms with Crippen molar-refractivity contribution >= 4 is 6.08 Å². The van der Waals surface area contributed by atoms with Crippen LogP contribution in [0.4, 0.5) is 0 Å². The first-order valence-electron chi connectivity index (χ1n) is 6.93. The van der Waals surface area contributed by atoms with E-state index in [2.05, 4.69) is 17.8 Å². The van der Waals surface area contributed by atoms with Gasteiger partial charge in [0.1, 0.15) is 6.10 Å². The zero-order chi connectivity index (χ0) is 14.4. The van der Waals surface area contributed by atoms with E-state index < -0.39 is 0 Å². The highest BCUT2D eigenvalue weighted by Gasteiger charge is 2.17. The molecule has 99 valence electrons. The Morgan fingerprint density at radius 2 is 2.32 bits per heavy atom. The number of hydrogen-bond donors (Lipinski definition) is 1. The number of ether oxygens (including phenoxy) is 1. The first kappa shape index (κ1) is 12.4. The van der Waals surface area contributed by atoms with Crippen molar-refractivity contribution in [1.29, 1.82) is 0 Å². The summed E-state index contributed by atoms with van der Waals surface area (Å²) in [7, 11) is 3.63. The quantitative estimate of drug-likeness (QED) is 0.873. The molecule has 0 bridgehead atoms. The number of rotatable bonds is 5. The first-order chi connectivity index (χ1) is 9.76. The van der Waals surface area contributed by atoms with Crippen LogP contribution >= 0.6 is 0 Å². The molecular weight excluding hydrogens is 234 g/mol. The van der Waals surface area contributed by atoms with Gasteiger partial charge in [0, 0.05) is 20.1 Å². The fraction of sp³-hybridized carbons (Fsp3) is 0.235. The summed E-state index contributed by atoms with van der Waals surface area (Å²) >= 11 is 0. The summed E-state index contributed by atoms with van der Waals surface area (Å²) in [5.41, 5.74) is 3.13. The lowest BCUT2D eigenvalue weighted by Crippen LogP contribution is -2.18. The lowest BCUT2D eigenvalue weighted by molar-refractivity contribution is 0.170. The normalized spacial score (nSPS) is 21.4. The minimum atomic E-state index is -0.0669. The maximum atomic E-state index is 7.97. The number of methoxy groups -OCH3 is 1. The van der Waals surface area contributed by atoms with Crippen LogP contribution in [0.1, 0.15) is 6.93 Å². The topological polar surface area (TPSA) is 21.3 Å². The zero-order valence-corrected chi connectivity index (χ0v) is 11.4. The Balaban J connectivity index is 2.35. The van der Waals surface area contributed by atoms with Crippen LogP contribution < -0.4 is 5.32 Å². The van der Waals surface area contributed by atoms with Gasteiger partial charge in [0.15, 0.2) is 0 Å². The molecule has 0 aliphatic heterocycles. The summed E-state index contributed by atoms with van der Waals surface area (Å²) in [5, 5.41) is 3.12. The van der Waals surface area contributed by atoms with Crippen molar-refractivity contribution in [3.8, 4) is 0 Å². The van der Waals surface area contributed by atoms with Gasteiger partial charge < -0.3 is 10.1 Å². The van der Waals surface area contributed by atoms with Crippen LogP contribution in [0.2, 0.25) is 0 Å². The summed E-state index contributed by atoms with van der Waals surface area (Å²) < 4.78 is 13.5. The number of allylic oxidation sites excluding steroid dienone is 2. The van der Waals surface area contributed by atoms with Crippen LogP contribution in [-0.2, 0) is 4.74 Å². The molecule has 0 heterocycles. The molecule has 0 saturated carbocycles. The summed E-state index contributed by atoms with van der Waals surface area (Å²) in [5.74, 6) is 0. The molecule has 1 radical (unpaired) electrons. The molecule has 1 aromatic rings. The SMILES string of the molecule is [2H]c1ccccc1C=C1C([CH]CNC)=CC=CC1OC. The van der Waals surface area contributed by atoms with Gasteiger partial charge in [-0.3, -0.25) is 0 Å². The van der Waals surface area contributed by atoms with Crippen LogP contribution in [0, 0.1) is 6.42 Å². The Bertz CT molecular complexity index is 546. The van der Waals surface area contributed by atoms with E-state index in [1.165, 1.54) is 0 Å². The number of nitrogens with one attached hydrogen (secondary N) is 1. The number of benzene rings is 1. The average molecular weight is 255 g/mol. The predicted octanol–water partition coefficient (Wildman–Crippen LogP) is 3.00. The Kier molecular flexibility index (Phi) is 4.62. The van der Waals surface area contributed by atoms with E-state index in [-0.39, 0.29) is 6.10 Å². The van der Waals surface area contributed by atoms with Crippen molar-refractivity contribution in [3.05, 3.63) is 71.7 Å². The monoisotopic (exact) mass is 255 g/mol. The third-order valence-corrected chi connectivity index (χ3v) is 3.03. The molecule has 2 rings (SSSR count). The van der Waals surface area contributed by atoms with E-state index in [4.69, 9.17) is 6.11 Å². The molecule has 1 aromatic carbocycles. The highest BCUT2D eigenvalue weighted by Crippen LogP contribution is 2.26. The first-order valence-corrected chi connectivity index (χ1v) is 6.43. The highest BCUT2D eigenvalue weighted by molar-refractivity contribution is 5.64. The van der Waals surface area contributed by atoms with Crippen molar-refractivity contribution in [2.24, 2.45) is 0 Å². The van der Waals surface area contributed by atoms with Gasteiger partial charge in [-0.25, -0.2) is 0 Å². The van der Waals surface area contributed by atoms with Gasteiger partial charge in [0.2, 0.25) is 0 Å². The molecule has 2 nitrogen and oxygen atoms in total. The van der Waals surface area contributed by atoms with Crippen molar-refractivity contribution < 1.29 is 6.11 Å². The van der Waals surface area contributed by atoms with Crippen molar-refractivity contribution in [2.45, 2.75) is 6.10 Å². The highest BCUT2D eigenvalue weighted by atomic mass is 16.5. The smallest absolute Gasteiger partial charge is 0.101 e. The molecule has 0 amide bonds. The van der Waals surface area contributed by atoms with E-state index in [0.717, 1.165) is 23.3 Å². The van der Waals surface area contributed by atoms with Crippen LogP contribution in [0.3, 0.4) is 0 Å². The van der Waals surface area contributed by atoms with Gasteiger partial charge in [-0.05, 0) is 29.8 Å². The molecule has 1 N–H and O–H groups in total. The van der Waals surface area contributed by atoms with Gasteiger partial charge in [-0.15, -0.1) is 0 Å². The summed E-state index contributed by atoms with van der Waals surface area (Å²) in [6.07, 6.45) is 10.2. The second-order valence-corrected chi connectivity index (χ2v) is 4.34. The van der Waals surface area contributed by atoms with Gasteiger partial charge >= 0.3 is 0 Å². The molecule has 0 spiro atoms. The van der Waals surface area contributed by atoms with Gasteiger partial charge in [-0.2, -0.15) is 0 Å². The molecular formula is C17H20NO. The van der Waals surface area contributed by atoms with Gasteiger partial charge in [-0.1, -0.05) is 48.5 Å². The minimum absolute atomic E-state index is 0.0669. The summed E-state index contributed by atoms with van der Waals surface area (Å²) in [6.45, 7) is 0.802. The summed E-state index contributed by atoms with van der Waals surface area (Å²) in [6, 6.07) is 8.11. The molecule has 1 atom stereocenters. The fourth-order valence-electron chi connectivity index (χ4n) is 2.06. The van der Waals surface area contributed by atoms with E-state index in [0.29, 0.717) is 6.04 Å². The Morgan fingerprint density at radius 3 is 3.05 bits per heavy atom. The van der Waals surface area contributed by atoms with E-state index >= 15 is 0 Å². The predicted molar refractivity (Wildman–Crippen MR) is 80.7 cm³/mol. The van der Waals surface area contributed by atoms with E-state index in [9.17, 15) is 0 Å². The van der Waals surface area contributed by atoms with E-state index in [1.54, 1.807) is 13.2 Å². The van der Waals surface area contributed by atoms with Crippen LogP contribution in [-0.4, -0.2) is 26.8 Å². The second kappa shape index (κ2) is 7.07. The lowest BCUT2D eigenvalue weighted by Gasteiger charge is -2.22. The molecule has 0 saturated heterocycles. The Hall–Kier alpha value is -1.64. The molecule has 19 heavy (non-hydrogen) atoms. The molecule has 1 aliphatic carbocycles. The Morgan fingerprint density at radius 1 is 1.42 bits per heavy atom. The van der Waals surface area contributed by atoms with Crippen LogP contribution in [0.5, 0.6) is 0 Å². The third kappa shape index (κ3) is 3.66. The average Bonchev–Trinajstić information content (AvgIpc) is 2.48. The van der Waals surface area contributed by atoms with Gasteiger partial charge in [0.05, 0.1) is 1.37 Å². The molecule has 0 aromatic heterocycles. The maximum absolute atomic E-state index is 7.97. The number of hydrogen-bond acceptors (Lipinski definition) is 2. The third-order valence-electron chi connectivity index (χ3n) is 3.03. The van der Waals surface area contributed by atoms with Crippen molar-refractivity contribution in [3.63, 3.8) is 0 Å². The Labute approximate surface area is 116 Å². The standard InChI is InChI=1S/C17H20NO/c1-18-12-11-15-9-6-10-17(19-2)16(15)13-14-7-4-3-5-8-14/h3-11,13,17-18H,12H2,1-2H3/i7D. The van der Waals surface area contributed by atoms with E-state index in [1.807, 2.05) is 43.5 Å². The largest absolute Gasteiger partial charge is 0.373 e. The van der Waals surface area contributed by atoms with Crippen molar-refractivity contribution in [2.75, 3.05) is 20.7 Å². The fourth-order valence-corrected chi connectivity index (χ4v) is 2.06. The summed E-state index contributed by atoms with van der Waals surface area (Å²) in [4.78, 5) is 0. The molecule has 2 heteroatoms. The second-order valence-electron chi connectivity index (χ2n) is 4.34. The maximum Gasteiger partial charge on any atom is 0.101 e. The zero-order valence-electron chi connectivity index (χ0n) is 12.4. The lowest BCUT2D eigenvalue weighted by atomic mass is 9.91. The molecule has 0 fully saturated rings.